The van der Waals surface area contributed by atoms with Gasteiger partial charge in [-0.15, -0.1) is 0 Å². The molecule has 0 bridgehead atoms. The van der Waals surface area contributed by atoms with Crippen LogP contribution in [0.2, 0.25) is 0 Å². The lowest BCUT2D eigenvalue weighted by atomic mass is 10.0. The van der Waals surface area contributed by atoms with E-state index in [1.165, 1.54) is 0 Å². The predicted molar refractivity (Wildman–Crippen MR) is 99.8 cm³/mol. The van der Waals surface area contributed by atoms with Crippen LogP contribution in [0.1, 0.15) is 12.8 Å². The van der Waals surface area contributed by atoms with Crippen LogP contribution in [-0.4, -0.2) is 39.5 Å². The number of rotatable bonds is 5. The minimum absolute atomic E-state index is 0.105. The topological polar surface area (TPSA) is 50.8 Å². The Morgan fingerprint density at radius 1 is 1.08 bits per heavy atom. The van der Waals surface area contributed by atoms with Crippen LogP contribution in [-0.2, 0) is 14.3 Å². The van der Waals surface area contributed by atoms with Crippen molar-refractivity contribution in [2.45, 2.75) is 19.1 Å². The van der Waals surface area contributed by atoms with Gasteiger partial charge in [0.1, 0.15) is 0 Å². The quantitative estimate of drug-likeness (QED) is 0.905. The fourth-order valence-corrected chi connectivity index (χ4v) is 2.75. The monoisotopic (exact) mass is 340 g/mol. The van der Waals surface area contributed by atoms with Crippen LogP contribution < -0.4 is 10.2 Å². The van der Waals surface area contributed by atoms with Crippen LogP contribution in [0.3, 0.4) is 0 Å². The molecule has 0 unspecified atom stereocenters. The second-order valence-corrected chi connectivity index (χ2v) is 6.30. The molecule has 0 atom stereocenters. The number of nitrogens with zero attached hydrogens (tertiary/aromatic N) is 1. The third-order valence-electron chi connectivity index (χ3n) is 4.11. The van der Waals surface area contributed by atoms with E-state index in [4.69, 9.17) is 9.47 Å². The molecular formula is C20H24N2O3. The van der Waals surface area contributed by atoms with Crippen LogP contribution in [0, 0.1) is 0 Å². The zero-order valence-corrected chi connectivity index (χ0v) is 14.7. The van der Waals surface area contributed by atoms with Gasteiger partial charge in [-0.25, -0.2) is 0 Å². The predicted octanol–water partition coefficient (Wildman–Crippen LogP) is 3.51. The second-order valence-electron chi connectivity index (χ2n) is 6.30. The molecule has 1 amide bonds. The Morgan fingerprint density at radius 2 is 1.80 bits per heavy atom. The molecule has 1 aliphatic rings. The first-order valence-electron chi connectivity index (χ1n) is 8.53. The normalized spacial score (nSPS) is 15.0. The number of amides is 1. The van der Waals surface area contributed by atoms with Crippen molar-refractivity contribution < 1.29 is 14.3 Å². The van der Waals surface area contributed by atoms with E-state index in [0.717, 1.165) is 28.9 Å². The zero-order chi connectivity index (χ0) is 17.6. The van der Waals surface area contributed by atoms with Crippen LogP contribution in [0.15, 0.2) is 48.5 Å². The Bertz CT molecular complexity index is 707. The minimum atomic E-state index is -0.435. The summed E-state index contributed by atoms with van der Waals surface area (Å²) in [7, 11) is 4.04. The van der Waals surface area contributed by atoms with Crippen molar-refractivity contribution in [2.24, 2.45) is 0 Å². The Hall–Kier alpha value is -2.37. The van der Waals surface area contributed by atoms with Crippen molar-refractivity contribution in [3.05, 3.63) is 48.5 Å². The van der Waals surface area contributed by atoms with Gasteiger partial charge in [-0.1, -0.05) is 24.3 Å². The highest BCUT2D eigenvalue weighted by Gasteiger charge is 2.18. The van der Waals surface area contributed by atoms with Crippen LogP contribution >= 0.6 is 0 Å². The summed E-state index contributed by atoms with van der Waals surface area (Å²) in [4.78, 5) is 14.2. The molecule has 0 aliphatic carbocycles. The molecular weight excluding hydrogens is 316 g/mol. The van der Waals surface area contributed by atoms with E-state index in [9.17, 15) is 4.79 Å². The van der Waals surface area contributed by atoms with Crippen LogP contribution in [0.5, 0.6) is 0 Å². The van der Waals surface area contributed by atoms with E-state index in [0.29, 0.717) is 13.2 Å². The van der Waals surface area contributed by atoms with Crippen molar-refractivity contribution in [3.8, 4) is 11.1 Å². The van der Waals surface area contributed by atoms with Crippen molar-refractivity contribution in [1.82, 2.24) is 0 Å². The highest BCUT2D eigenvalue weighted by Crippen LogP contribution is 2.25. The van der Waals surface area contributed by atoms with Crippen LogP contribution in [0.25, 0.3) is 11.1 Å². The highest BCUT2D eigenvalue weighted by atomic mass is 16.7. The zero-order valence-electron chi connectivity index (χ0n) is 14.7. The lowest BCUT2D eigenvalue weighted by Crippen LogP contribution is -2.29. The average molecular weight is 340 g/mol. The number of carbonyl (C=O) groups excluding carboxylic acids is 1. The van der Waals surface area contributed by atoms with Gasteiger partial charge in [-0.3, -0.25) is 4.79 Å². The Balaban J connectivity index is 1.65. The molecule has 5 heteroatoms. The van der Waals surface area contributed by atoms with E-state index in [-0.39, 0.29) is 12.3 Å². The van der Waals surface area contributed by atoms with Crippen molar-refractivity contribution >= 4 is 17.3 Å². The fraction of sp³-hybridized carbons (Fsp3) is 0.350. The second kappa shape index (κ2) is 8.14. The Kier molecular flexibility index (Phi) is 5.68. The molecule has 0 radical (unpaired) electrons. The minimum Gasteiger partial charge on any atom is -0.378 e. The Morgan fingerprint density at radius 3 is 2.48 bits per heavy atom. The molecule has 25 heavy (non-hydrogen) atoms. The van der Waals surface area contributed by atoms with Crippen LogP contribution in [0.4, 0.5) is 11.4 Å². The molecule has 1 aliphatic heterocycles. The standard InChI is InChI=1S/C20H24N2O3/c1-22(2)18-9-7-15(8-10-18)16-5-3-6-17(13-16)21-19(23)14-20-24-11-4-12-25-20/h3,5-10,13,20H,4,11-12,14H2,1-2H3,(H,21,23). The highest BCUT2D eigenvalue weighted by molar-refractivity contribution is 5.91. The van der Waals surface area contributed by atoms with E-state index in [1.54, 1.807) is 0 Å². The van der Waals surface area contributed by atoms with Gasteiger partial charge in [0.25, 0.3) is 0 Å². The van der Waals surface area contributed by atoms with Gasteiger partial charge >= 0.3 is 0 Å². The summed E-state index contributed by atoms with van der Waals surface area (Å²) in [5, 5.41) is 2.92. The first kappa shape index (κ1) is 17.5. The molecule has 1 fully saturated rings. The summed E-state index contributed by atoms with van der Waals surface area (Å²) in [6.07, 6.45) is 0.657. The third-order valence-corrected chi connectivity index (χ3v) is 4.11. The number of hydrogen-bond donors (Lipinski definition) is 1. The average Bonchev–Trinajstić information content (AvgIpc) is 2.63. The molecule has 5 nitrogen and oxygen atoms in total. The number of nitrogens with one attached hydrogen (secondary N) is 1. The molecule has 2 aromatic rings. The molecule has 1 heterocycles. The molecule has 0 saturated carbocycles. The SMILES string of the molecule is CN(C)c1ccc(-c2cccc(NC(=O)CC3OCCCO3)c2)cc1. The maximum absolute atomic E-state index is 12.2. The van der Waals surface area contributed by atoms with Gasteiger partial charge in [-0.2, -0.15) is 0 Å². The number of carbonyl (C=O) groups is 1. The molecule has 0 spiro atoms. The molecule has 0 aromatic heterocycles. The van der Waals surface area contributed by atoms with Gasteiger partial charge in [0.05, 0.1) is 19.6 Å². The van der Waals surface area contributed by atoms with Gasteiger partial charge in [0, 0.05) is 25.5 Å². The fourth-order valence-electron chi connectivity index (χ4n) is 2.75. The summed E-state index contributed by atoms with van der Waals surface area (Å²) in [5.41, 5.74) is 4.10. The van der Waals surface area contributed by atoms with E-state index >= 15 is 0 Å². The summed E-state index contributed by atoms with van der Waals surface area (Å²) < 4.78 is 10.8. The van der Waals surface area contributed by atoms with Crippen molar-refractivity contribution in [2.75, 3.05) is 37.5 Å². The number of benzene rings is 2. The lowest BCUT2D eigenvalue weighted by molar-refractivity contribution is -0.182. The number of anilines is 2. The molecule has 132 valence electrons. The van der Waals surface area contributed by atoms with Crippen molar-refractivity contribution in [3.63, 3.8) is 0 Å². The summed E-state index contributed by atoms with van der Waals surface area (Å²) >= 11 is 0. The molecule has 3 rings (SSSR count). The van der Waals surface area contributed by atoms with E-state index in [1.807, 2.05) is 38.4 Å². The van der Waals surface area contributed by atoms with E-state index in [2.05, 4.69) is 34.5 Å². The molecule has 2 aromatic carbocycles. The molecule has 1 N–H and O–H groups in total. The van der Waals surface area contributed by atoms with E-state index < -0.39 is 6.29 Å². The summed E-state index contributed by atoms with van der Waals surface area (Å²) in [5.74, 6) is -0.105. The number of ether oxygens (including phenoxy) is 2. The van der Waals surface area contributed by atoms with Gasteiger partial charge in [-0.05, 0) is 41.8 Å². The molecule has 1 saturated heterocycles. The first-order valence-corrected chi connectivity index (χ1v) is 8.53. The Labute approximate surface area is 148 Å². The van der Waals surface area contributed by atoms with Gasteiger partial charge < -0.3 is 19.7 Å². The van der Waals surface area contributed by atoms with Gasteiger partial charge in [0.15, 0.2) is 6.29 Å². The smallest absolute Gasteiger partial charge is 0.229 e. The largest absolute Gasteiger partial charge is 0.378 e. The van der Waals surface area contributed by atoms with Crippen molar-refractivity contribution in [1.29, 1.82) is 0 Å². The maximum atomic E-state index is 12.2. The maximum Gasteiger partial charge on any atom is 0.229 e. The summed E-state index contributed by atoms with van der Waals surface area (Å²) in [6, 6.07) is 16.2. The van der Waals surface area contributed by atoms with Gasteiger partial charge in [0.2, 0.25) is 5.91 Å². The first-order chi connectivity index (χ1) is 12.1. The number of hydrogen-bond acceptors (Lipinski definition) is 4. The lowest BCUT2D eigenvalue weighted by Gasteiger charge is -2.22. The third kappa shape index (κ3) is 4.81. The summed E-state index contributed by atoms with van der Waals surface area (Å²) in [6.45, 7) is 1.30.